The number of rotatable bonds is 5. The third-order valence-electron chi connectivity index (χ3n) is 4.59. The molecule has 2 aliphatic heterocycles. The van der Waals surface area contributed by atoms with Crippen molar-refractivity contribution >= 4 is 33.2 Å². The van der Waals surface area contributed by atoms with Gasteiger partial charge in [-0.1, -0.05) is 18.0 Å². The van der Waals surface area contributed by atoms with Crippen LogP contribution in [0, 0.1) is 0 Å². The SMILES string of the molecule is CC1CCCCN1CCNS(=O)(=O)c1cc2c(cc1Cl)NC(=O)CO2. The van der Waals surface area contributed by atoms with Gasteiger partial charge in [-0.2, -0.15) is 0 Å². The number of hydrogen-bond acceptors (Lipinski definition) is 5. The van der Waals surface area contributed by atoms with Crippen LogP contribution in [0.4, 0.5) is 5.69 Å². The molecule has 1 unspecified atom stereocenters. The summed E-state index contributed by atoms with van der Waals surface area (Å²) in [4.78, 5) is 13.6. The minimum atomic E-state index is -3.76. The number of ether oxygens (including phenoxy) is 1. The van der Waals surface area contributed by atoms with Crippen molar-refractivity contribution < 1.29 is 17.9 Å². The molecule has 1 aromatic rings. The van der Waals surface area contributed by atoms with Gasteiger partial charge in [0.2, 0.25) is 10.0 Å². The van der Waals surface area contributed by atoms with E-state index in [9.17, 15) is 13.2 Å². The van der Waals surface area contributed by atoms with E-state index in [-0.39, 0.29) is 22.4 Å². The maximum absolute atomic E-state index is 12.6. The van der Waals surface area contributed by atoms with Crippen molar-refractivity contribution in [2.45, 2.75) is 37.1 Å². The lowest BCUT2D eigenvalue weighted by atomic mass is 10.0. The van der Waals surface area contributed by atoms with Crippen LogP contribution in [0.25, 0.3) is 0 Å². The van der Waals surface area contributed by atoms with Crippen molar-refractivity contribution in [1.29, 1.82) is 0 Å². The van der Waals surface area contributed by atoms with Gasteiger partial charge in [-0.25, -0.2) is 13.1 Å². The molecule has 2 heterocycles. The Bertz CT molecular complexity index is 769. The van der Waals surface area contributed by atoms with E-state index in [4.69, 9.17) is 16.3 Å². The smallest absolute Gasteiger partial charge is 0.262 e. The molecule has 0 aromatic heterocycles. The number of sulfonamides is 1. The van der Waals surface area contributed by atoms with E-state index in [0.29, 0.717) is 30.6 Å². The number of nitrogens with one attached hydrogen (secondary N) is 2. The van der Waals surface area contributed by atoms with Gasteiger partial charge in [0.1, 0.15) is 10.6 Å². The zero-order valence-corrected chi connectivity index (χ0v) is 15.6. The second kappa shape index (κ2) is 7.49. The van der Waals surface area contributed by atoms with Gasteiger partial charge in [-0.05, 0) is 32.4 Å². The first kappa shape index (κ1) is 18.4. The molecule has 9 heteroatoms. The number of amides is 1. The molecule has 3 rings (SSSR count). The number of fused-ring (bicyclic) bond motifs is 1. The number of carbonyl (C=O) groups is 1. The first-order valence-corrected chi connectivity index (χ1v) is 10.2. The Balaban J connectivity index is 1.68. The fraction of sp³-hybridized carbons (Fsp3) is 0.562. The predicted molar refractivity (Wildman–Crippen MR) is 95.7 cm³/mol. The van der Waals surface area contributed by atoms with Crippen LogP contribution < -0.4 is 14.8 Å². The maximum Gasteiger partial charge on any atom is 0.262 e. The third kappa shape index (κ3) is 4.25. The number of piperidine rings is 1. The van der Waals surface area contributed by atoms with E-state index in [2.05, 4.69) is 21.9 Å². The van der Waals surface area contributed by atoms with Crippen LogP contribution in [0.15, 0.2) is 17.0 Å². The molecule has 1 aromatic carbocycles. The molecule has 0 aliphatic carbocycles. The van der Waals surface area contributed by atoms with Crippen LogP contribution in [0.3, 0.4) is 0 Å². The molecule has 1 fully saturated rings. The van der Waals surface area contributed by atoms with Crippen LogP contribution >= 0.6 is 11.6 Å². The van der Waals surface area contributed by atoms with Crippen molar-refractivity contribution in [2.24, 2.45) is 0 Å². The van der Waals surface area contributed by atoms with E-state index >= 15 is 0 Å². The summed E-state index contributed by atoms with van der Waals surface area (Å²) < 4.78 is 33.0. The lowest BCUT2D eigenvalue weighted by molar-refractivity contribution is -0.118. The molecule has 1 atom stereocenters. The van der Waals surface area contributed by atoms with Crippen molar-refractivity contribution in [3.8, 4) is 5.75 Å². The molecule has 2 N–H and O–H groups in total. The summed E-state index contributed by atoms with van der Waals surface area (Å²) in [5.74, 6) is 0.00183. The van der Waals surface area contributed by atoms with E-state index in [1.165, 1.54) is 18.6 Å². The number of benzene rings is 1. The Morgan fingerprint density at radius 3 is 2.96 bits per heavy atom. The van der Waals surface area contributed by atoms with Gasteiger partial charge in [-0.15, -0.1) is 0 Å². The van der Waals surface area contributed by atoms with E-state index in [0.717, 1.165) is 19.4 Å². The minimum absolute atomic E-state index is 0.0448. The van der Waals surface area contributed by atoms with Gasteiger partial charge in [0.25, 0.3) is 5.91 Å². The Hall–Kier alpha value is -1.35. The lowest BCUT2D eigenvalue weighted by Crippen LogP contribution is -2.42. The Morgan fingerprint density at radius 2 is 2.20 bits per heavy atom. The first-order chi connectivity index (χ1) is 11.9. The van der Waals surface area contributed by atoms with Crippen molar-refractivity contribution in [3.63, 3.8) is 0 Å². The molecule has 1 saturated heterocycles. The van der Waals surface area contributed by atoms with Crippen LogP contribution in [-0.2, 0) is 14.8 Å². The molecular weight excluding hydrogens is 366 g/mol. The molecule has 7 nitrogen and oxygen atoms in total. The normalized spacial score (nSPS) is 21.4. The fourth-order valence-electron chi connectivity index (χ4n) is 3.18. The van der Waals surface area contributed by atoms with Crippen LogP contribution in [-0.4, -0.2) is 51.5 Å². The van der Waals surface area contributed by atoms with Crippen molar-refractivity contribution in [1.82, 2.24) is 9.62 Å². The van der Waals surface area contributed by atoms with Crippen molar-refractivity contribution in [3.05, 3.63) is 17.2 Å². The second-order valence-corrected chi connectivity index (χ2v) is 8.54. The summed E-state index contributed by atoms with van der Waals surface area (Å²) in [6.45, 7) is 4.00. The minimum Gasteiger partial charge on any atom is -0.482 e. The highest BCUT2D eigenvalue weighted by Gasteiger charge is 2.25. The third-order valence-corrected chi connectivity index (χ3v) is 6.51. The molecule has 2 aliphatic rings. The summed E-state index contributed by atoms with van der Waals surface area (Å²) in [5, 5.41) is 2.64. The molecule has 0 radical (unpaired) electrons. The zero-order chi connectivity index (χ0) is 18.0. The number of carbonyl (C=O) groups excluding carboxylic acids is 1. The van der Waals surface area contributed by atoms with Gasteiger partial charge in [-0.3, -0.25) is 9.69 Å². The van der Waals surface area contributed by atoms with Gasteiger partial charge in [0.05, 0.1) is 10.7 Å². The van der Waals surface area contributed by atoms with Gasteiger partial charge in [0.15, 0.2) is 6.61 Å². The van der Waals surface area contributed by atoms with Gasteiger partial charge < -0.3 is 10.1 Å². The highest BCUT2D eigenvalue weighted by molar-refractivity contribution is 7.89. The largest absolute Gasteiger partial charge is 0.482 e. The van der Waals surface area contributed by atoms with Crippen LogP contribution in [0.2, 0.25) is 5.02 Å². The highest BCUT2D eigenvalue weighted by Crippen LogP contribution is 2.35. The summed E-state index contributed by atoms with van der Waals surface area (Å²) >= 11 is 6.11. The first-order valence-electron chi connectivity index (χ1n) is 8.37. The molecule has 0 bridgehead atoms. The number of likely N-dealkylation sites (tertiary alicyclic amines) is 1. The monoisotopic (exact) mass is 387 g/mol. The number of hydrogen-bond donors (Lipinski definition) is 2. The average Bonchev–Trinajstić information content (AvgIpc) is 2.55. The fourth-order valence-corrected chi connectivity index (χ4v) is 4.74. The number of nitrogens with zero attached hydrogens (tertiary/aromatic N) is 1. The van der Waals surface area contributed by atoms with E-state index in [1.54, 1.807) is 0 Å². The van der Waals surface area contributed by atoms with Gasteiger partial charge >= 0.3 is 0 Å². The Morgan fingerprint density at radius 1 is 1.40 bits per heavy atom. The summed E-state index contributed by atoms with van der Waals surface area (Å²) in [7, 11) is -3.76. The van der Waals surface area contributed by atoms with Crippen molar-refractivity contribution in [2.75, 3.05) is 31.6 Å². The molecule has 25 heavy (non-hydrogen) atoms. The Labute approximate surface area is 152 Å². The summed E-state index contributed by atoms with van der Waals surface area (Å²) in [6, 6.07) is 3.22. The van der Waals surface area contributed by atoms with E-state index in [1.807, 2.05) is 0 Å². The summed E-state index contributed by atoms with van der Waals surface area (Å²) in [5.41, 5.74) is 0.377. The molecule has 1 amide bonds. The number of halogens is 1. The predicted octanol–water partition coefficient (Wildman–Crippen LogP) is 1.82. The molecule has 0 spiro atoms. The van der Waals surface area contributed by atoms with Crippen LogP contribution in [0.1, 0.15) is 26.2 Å². The summed E-state index contributed by atoms with van der Waals surface area (Å²) in [6.07, 6.45) is 3.52. The molecule has 138 valence electrons. The van der Waals surface area contributed by atoms with Gasteiger partial charge in [0, 0.05) is 25.2 Å². The standard InChI is InChI=1S/C16H22ClN3O4S/c1-11-4-2-3-6-20(11)7-5-18-25(22,23)15-9-14-13(8-12(15)17)19-16(21)10-24-14/h8-9,11,18H,2-7,10H2,1H3,(H,19,21). The second-order valence-electron chi connectivity index (χ2n) is 6.39. The lowest BCUT2D eigenvalue weighted by Gasteiger charge is -2.33. The Kier molecular flexibility index (Phi) is 5.52. The zero-order valence-electron chi connectivity index (χ0n) is 14.0. The molecular formula is C16H22ClN3O4S. The molecule has 0 saturated carbocycles. The van der Waals surface area contributed by atoms with Crippen LogP contribution in [0.5, 0.6) is 5.75 Å². The average molecular weight is 388 g/mol. The van der Waals surface area contributed by atoms with E-state index < -0.39 is 10.0 Å². The maximum atomic E-state index is 12.6. The quantitative estimate of drug-likeness (QED) is 0.804. The topological polar surface area (TPSA) is 87.7 Å². The highest BCUT2D eigenvalue weighted by atomic mass is 35.5. The number of anilines is 1.